The van der Waals surface area contributed by atoms with E-state index in [1.165, 1.54) is 103 Å². The van der Waals surface area contributed by atoms with Gasteiger partial charge in [0.05, 0.1) is 39.9 Å². The lowest BCUT2D eigenvalue weighted by Gasteiger charge is -2.25. The number of carbonyl (C=O) groups is 1. The number of allylic oxidation sites excluding steroid dienone is 5. The number of hydrogen-bond donors (Lipinski definition) is 3. The van der Waals surface area contributed by atoms with Gasteiger partial charge in [0.2, 0.25) is 5.91 Å². The van der Waals surface area contributed by atoms with Crippen molar-refractivity contribution >= 4 is 13.7 Å². The monoisotopic (exact) mass is 686 g/mol. The van der Waals surface area contributed by atoms with E-state index in [4.69, 9.17) is 9.05 Å². The summed E-state index contributed by atoms with van der Waals surface area (Å²) in [6.07, 6.45) is 37.4. The van der Waals surface area contributed by atoms with Crippen LogP contribution < -0.4 is 5.32 Å². The number of amides is 1. The second-order valence-electron chi connectivity index (χ2n) is 13.9. The molecule has 0 aromatic heterocycles. The number of hydrogen-bond acceptors (Lipinski definition) is 5. The molecule has 0 aliphatic carbocycles. The number of aliphatic hydroxyl groups excluding tert-OH is 1. The number of phosphoric acid groups is 1. The molecule has 0 aliphatic rings. The van der Waals surface area contributed by atoms with E-state index in [1.807, 2.05) is 27.2 Å². The molecule has 0 heterocycles. The predicted molar refractivity (Wildman–Crippen MR) is 198 cm³/mol. The van der Waals surface area contributed by atoms with Gasteiger partial charge in [-0.15, -0.1) is 0 Å². The van der Waals surface area contributed by atoms with Crippen LogP contribution in [-0.4, -0.2) is 73.4 Å². The Hall–Kier alpha value is -1.28. The van der Waals surface area contributed by atoms with E-state index in [9.17, 15) is 19.4 Å². The number of nitrogens with one attached hydrogen (secondary N) is 1. The molecule has 3 N–H and O–H groups in total. The van der Waals surface area contributed by atoms with Crippen molar-refractivity contribution in [3.8, 4) is 0 Å². The van der Waals surface area contributed by atoms with E-state index in [-0.39, 0.29) is 25.5 Å². The van der Waals surface area contributed by atoms with Gasteiger partial charge < -0.3 is 19.8 Å². The van der Waals surface area contributed by atoms with Crippen molar-refractivity contribution in [3.63, 3.8) is 0 Å². The second-order valence-corrected chi connectivity index (χ2v) is 15.3. The Labute approximate surface area is 289 Å². The molecule has 0 saturated carbocycles. The van der Waals surface area contributed by atoms with Crippen molar-refractivity contribution in [2.24, 2.45) is 0 Å². The molecule has 0 rings (SSSR count). The van der Waals surface area contributed by atoms with Crippen LogP contribution >= 0.6 is 7.82 Å². The summed E-state index contributed by atoms with van der Waals surface area (Å²) in [6, 6.07) is -0.863. The van der Waals surface area contributed by atoms with Crippen LogP contribution in [0.4, 0.5) is 0 Å². The Balaban J connectivity index is 3.94. The van der Waals surface area contributed by atoms with Crippen molar-refractivity contribution in [3.05, 3.63) is 36.5 Å². The van der Waals surface area contributed by atoms with Crippen LogP contribution in [0.2, 0.25) is 0 Å². The Morgan fingerprint density at radius 3 is 1.62 bits per heavy atom. The second kappa shape index (κ2) is 30.8. The van der Waals surface area contributed by atoms with E-state index < -0.39 is 20.0 Å². The molecular weight excluding hydrogens is 611 g/mol. The maximum Gasteiger partial charge on any atom is 0.472 e. The molecule has 3 atom stereocenters. The highest BCUT2D eigenvalue weighted by molar-refractivity contribution is 7.47. The number of rotatable bonds is 33. The summed E-state index contributed by atoms with van der Waals surface area (Å²) < 4.78 is 22.9. The minimum absolute atomic E-state index is 0.0507. The van der Waals surface area contributed by atoms with E-state index in [1.54, 1.807) is 13.0 Å². The number of quaternary nitrogens is 1. The summed E-state index contributed by atoms with van der Waals surface area (Å²) in [6.45, 7) is 4.21. The molecular formula is C38H74N2O6P+. The zero-order valence-electron chi connectivity index (χ0n) is 31.0. The van der Waals surface area contributed by atoms with E-state index in [2.05, 4.69) is 36.5 Å². The average molecular weight is 686 g/mol. The SMILES string of the molecule is CCCCCCCCCCCCCCCCC/C=C/CC/C=C/CC/C=C/C(O)C(COP(=O)(O)OCC[N+](C)(C)C)NC(=O)CC. The van der Waals surface area contributed by atoms with Crippen LogP contribution in [0.15, 0.2) is 36.5 Å². The van der Waals surface area contributed by atoms with Crippen LogP contribution in [0.3, 0.4) is 0 Å². The van der Waals surface area contributed by atoms with E-state index in [0.29, 0.717) is 11.0 Å². The molecule has 0 bridgehead atoms. The number of aliphatic hydroxyl groups is 1. The average Bonchev–Trinajstić information content (AvgIpc) is 3.02. The standard InChI is InChI=1S/C38H73N2O6P/c1-6-8-9-10-11-12-13-14-15-16-17-18-19-20-21-22-23-24-25-26-27-28-29-30-31-32-37(41)36(39-38(42)7-2)35-46-47(43,44)45-34-33-40(3,4)5/h23-24,27-28,31-32,36-37,41H,6-22,25-26,29-30,33-35H2,1-5H3,(H-,39,42,43,44)/p+1/b24-23+,28-27+,32-31+. The molecule has 0 aliphatic heterocycles. The molecule has 0 spiro atoms. The highest BCUT2D eigenvalue weighted by Crippen LogP contribution is 2.43. The van der Waals surface area contributed by atoms with Gasteiger partial charge in [-0.3, -0.25) is 13.8 Å². The van der Waals surface area contributed by atoms with Gasteiger partial charge in [0.25, 0.3) is 0 Å². The molecule has 276 valence electrons. The summed E-state index contributed by atoms with van der Waals surface area (Å²) in [5.41, 5.74) is 0. The molecule has 3 unspecified atom stereocenters. The minimum Gasteiger partial charge on any atom is -0.387 e. The summed E-state index contributed by atoms with van der Waals surface area (Å²) in [5, 5.41) is 13.3. The van der Waals surface area contributed by atoms with Crippen LogP contribution in [0.5, 0.6) is 0 Å². The van der Waals surface area contributed by atoms with E-state index in [0.717, 1.165) is 25.7 Å². The van der Waals surface area contributed by atoms with Gasteiger partial charge in [0.15, 0.2) is 0 Å². The minimum atomic E-state index is -4.31. The molecule has 0 saturated heterocycles. The largest absolute Gasteiger partial charge is 0.472 e. The fourth-order valence-electron chi connectivity index (χ4n) is 5.04. The van der Waals surface area contributed by atoms with Gasteiger partial charge in [0, 0.05) is 6.42 Å². The van der Waals surface area contributed by atoms with Crippen LogP contribution in [0, 0.1) is 0 Å². The number of phosphoric ester groups is 1. The Morgan fingerprint density at radius 2 is 1.15 bits per heavy atom. The third-order valence-electron chi connectivity index (χ3n) is 8.15. The fourth-order valence-corrected chi connectivity index (χ4v) is 5.77. The van der Waals surface area contributed by atoms with Crippen LogP contribution in [0.1, 0.15) is 149 Å². The van der Waals surface area contributed by atoms with Crippen molar-refractivity contribution in [2.45, 2.75) is 161 Å². The molecule has 0 aromatic rings. The Kier molecular flexibility index (Phi) is 29.9. The third-order valence-corrected chi connectivity index (χ3v) is 9.14. The first-order chi connectivity index (χ1) is 22.5. The number of likely N-dealkylation sites (N-methyl/N-ethyl adjacent to an activating group) is 1. The van der Waals surface area contributed by atoms with Crippen molar-refractivity contribution in [2.75, 3.05) is 40.9 Å². The number of nitrogens with zero attached hydrogens (tertiary/aromatic N) is 1. The predicted octanol–water partition coefficient (Wildman–Crippen LogP) is 9.57. The first-order valence-electron chi connectivity index (χ1n) is 18.9. The highest BCUT2D eigenvalue weighted by atomic mass is 31.2. The zero-order chi connectivity index (χ0) is 35.1. The summed E-state index contributed by atoms with van der Waals surface area (Å²) in [4.78, 5) is 21.9. The highest BCUT2D eigenvalue weighted by Gasteiger charge is 2.27. The fraction of sp³-hybridized carbons (Fsp3) is 0.816. The van der Waals surface area contributed by atoms with Crippen LogP contribution in [-0.2, 0) is 18.4 Å². The lowest BCUT2D eigenvalue weighted by molar-refractivity contribution is -0.870. The molecule has 0 radical (unpaired) electrons. The summed E-state index contributed by atoms with van der Waals surface area (Å²) in [7, 11) is 1.53. The Morgan fingerprint density at radius 1 is 0.702 bits per heavy atom. The van der Waals surface area contributed by atoms with Gasteiger partial charge in [-0.2, -0.15) is 0 Å². The maximum atomic E-state index is 12.2. The van der Waals surface area contributed by atoms with Crippen molar-refractivity contribution in [1.29, 1.82) is 0 Å². The number of unbranched alkanes of at least 4 members (excludes halogenated alkanes) is 17. The molecule has 0 aromatic carbocycles. The topological polar surface area (TPSA) is 105 Å². The first kappa shape index (κ1) is 45.7. The van der Waals surface area contributed by atoms with Gasteiger partial charge in [-0.05, 0) is 38.5 Å². The third kappa shape index (κ3) is 33.0. The lowest BCUT2D eigenvalue weighted by Crippen LogP contribution is -2.45. The van der Waals surface area contributed by atoms with Gasteiger partial charge in [-0.1, -0.05) is 140 Å². The quantitative estimate of drug-likeness (QED) is 0.0275. The lowest BCUT2D eigenvalue weighted by atomic mass is 10.0. The maximum absolute atomic E-state index is 12.2. The summed E-state index contributed by atoms with van der Waals surface area (Å²) in [5.74, 6) is -0.281. The molecule has 1 amide bonds. The molecule has 9 heteroatoms. The normalized spacial score (nSPS) is 15.1. The molecule has 47 heavy (non-hydrogen) atoms. The van der Waals surface area contributed by atoms with Gasteiger partial charge >= 0.3 is 7.82 Å². The zero-order valence-corrected chi connectivity index (χ0v) is 31.9. The summed E-state index contributed by atoms with van der Waals surface area (Å²) >= 11 is 0. The Bertz CT molecular complexity index is 871. The molecule has 0 fully saturated rings. The van der Waals surface area contributed by atoms with E-state index >= 15 is 0 Å². The van der Waals surface area contributed by atoms with Crippen molar-refractivity contribution in [1.82, 2.24) is 5.32 Å². The number of carbonyl (C=O) groups excluding carboxylic acids is 1. The van der Waals surface area contributed by atoms with Crippen molar-refractivity contribution < 1.29 is 32.9 Å². The first-order valence-corrected chi connectivity index (χ1v) is 20.4. The van der Waals surface area contributed by atoms with Gasteiger partial charge in [-0.25, -0.2) is 4.57 Å². The smallest absolute Gasteiger partial charge is 0.387 e. The van der Waals surface area contributed by atoms with Crippen LogP contribution in [0.25, 0.3) is 0 Å². The molecule has 8 nitrogen and oxygen atoms in total. The van der Waals surface area contributed by atoms with Gasteiger partial charge in [0.1, 0.15) is 13.2 Å².